The van der Waals surface area contributed by atoms with Gasteiger partial charge in [0.2, 0.25) is 0 Å². The summed E-state index contributed by atoms with van der Waals surface area (Å²) in [4.78, 5) is 3.49. The summed E-state index contributed by atoms with van der Waals surface area (Å²) in [6, 6.07) is 7.21. The molecule has 1 aliphatic rings. The number of halogens is 3. The molecule has 0 bridgehead atoms. The molecule has 0 aliphatic carbocycles. The van der Waals surface area contributed by atoms with Crippen LogP contribution >= 0.6 is 11.3 Å². The number of alkyl halides is 3. The van der Waals surface area contributed by atoms with Gasteiger partial charge in [-0.1, -0.05) is 6.07 Å². The van der Waals surface area contributed by atoms with Crippen molar-refractivity contribution < 1.29 is 17.9 Å². The first-order valence-electron chi connectivity index (χ1n) is 8.41. The minimum Gasteiger partial charge on any atom is -0.379 e. The fraction of sp³-hybridized carbons (Fsp3) is 0.438. The Hall–Kier alpha value is -2.24. The van der Waals surface area contributed by atoms with Crippen LogP contribution < -0.4 is 5.32 Å². The van der Waals surface area contributed by atoms with E-state index in [2.05, 4.69) is 31.6 Å². The molecule has 0 spiro atoms. The SMILES string of the molecule is FC(F)(F)c1nnc2ccc(NC[C@H](c3cccs3)N3CCOCC3)nn12. The predicted octanol–water partition coefficient (Wildman–Crippen LogP) is 2.69. The molecule has 0 unspecified atom stereocenters. The molecule has 0 amide bonds. The molecule has 144 valence electrons. The molecule has 3 aromatic rings. The van der Waals surface area contributed by atoms with Crippen molar-refractivity contribution in [1.29, 1.82) is 0 Å². The minimum absolute atomic E-state index is 0.0517. The Balaban J connectivity index is 1.55. The van der Waals surface area contributed by atoms with Gasteiger partial charge >= 0.3 is 6.18 Å². The lowest BCUT2D eigenvalue weighted by molar-refractivity contribution is -0.146. The van der Waals surface area contributed by atoms with Crippen LogP contribution in [0.4, 0.5) is 19.0 Å². The van der Waals surface area contributed by atoms with E-state index in [-0.39, 0.29) is 11.7 Å². The first kappa shape index (κ1) is 18.1. The highest BCUT2D eigenvalue weighted by atomic mass is 32.1. The van der Waals surface area contributed by atoms with Crippen molar-refractivity contribution in [3.63, 3.8) is 0 Å². The Kier molecular flexibility index (Phi) is 4.98. The third kappa shape index (κ3) is 3.89. The number of hydrogen-bond donors (Lipinski definition) is 1. The summed E-state index contributed by atoms with van der Waals surface area (Å²) in [5, 5.41) is 15.9. The van der Waals surface area contributed by atoms with Gasteiger partial charge in [0.1, 0.15) is 5.82 Å². The van der Waals surface area contributed by atoms with Crippen molar-refractivity contribution in [2.45, 2.75) is 12.2 Å². The fourth-order valence-corrected chi connectivity index (χ4v) is 3.90. The second-order valence-corrected chi connectivity index (χ2v) is 7.05. The van der Waals surface area contributed by atoms with Gasteiger partial charge < -0.3 is 10.1 Å². The van der Waals surface area contributed by atoms with Crippen LogP contribution in [0.1, 0.15) is 16.7 Å². The molecule has 1 aliphatic heterocycles. The molecule has 0 aromatic carbocycles. The van der Waals surface area contributed by atoms with Crippen LogP contribution in [0.3, 0.4) is 0 Å². The highest BCUT2D eigenvalue weighted by molar-refractivity contribution is 7.10. The number of nitrogens with one attached hydrogen (secondary N) is 1. The Bertz CT molecular complexity index is 891. The predicted molar refractivity (Wildman–Crippen MR) is 93.7 cm³/mol. The van der Waals surface area contributed by atoms with Crippen molar-refractivity contribution in [2.24, 2.45) is 0 Å². The standard InChI is InChI=1S/C16H17F3N6OS/c17-16(18,19)15-22-21-14-4-3-13(23-25(14)15)20-10-11(12-2-1-9-27-12)24-5-7-26-8-6-24/h1-4,9,11H,5-8,10H2,(H,20,23)/t11-/m1/s1. The van der Waals surface area contributed by atoms with Crippen LogP contribution in [0.25, 0.3) is 5.65 Å². The van der Waals surface area contributed by atoms with E-state index in [1.807, 2.05) is 11.4 Å². The first-order valence-corrected chi connectivity index (χ1v) is 9.29. The van der Waals surface area contributed by atoms with Crippen LogP contribution in [0, 0.1) is 0 Å². The fourth-order valence-electron chi connectivity index (χ4n) is 3.04. The van der Waals surface area contributed by atoms with E-state index < -0.39 is 12.0 Å². The topological polar surface area (TPSA) is 67.6 Å². The molecule has 27 heavy (non-hydrogen) atoms. The highest BCUT2D eigenvalue weighted by Crippen LogP contribution is 2.28. The van der Waals surface area contributed by atoms with Crippen molar-refractivity contribution in [2.75, 3.05) is 38.2 Å². The molecule has 1 fully saturated rings. The van der Waals surface area contributed by atoms with Crippen molar-refractivity contribution in [3.8, 4) is 0 Å². The third-order valence-corrected chi connectivity index (χ3v) is 5.32. The van der Waals surface area contributed by atoms with E-state index in [4.69, 9.17) is 4.74 Å². The Morgan fingerprint density at radius 1 is 1.19 bits per heavy atom. The van der Waals surface area contributed by atoms with Gasteiger partial charge in [0.05, 0.1) is 19.3 Å². The number of nitrogens with zero attached hydrogens (tertiary/aromatic N) is 5. The van der Waals surface area contributed by atoms with Gasteiger partial charge in [0.15, 0.2) is 5.65 Å². The number of fused-ring (bicyclic) bond motifs is 1. The molecule has 3 aromatic heterocycles. The highest BCUT2D eigenvalue weighted by Gasteiger charge is 2.37. The second kappa shape index (κ2) is 7.41. The van der Waals surface area contributed by atoms with Crippen LogP contribution in [-0.4, -0.2) is 57.6 Å². The molecule has 0 radical (unpaired) electrons. The van der Waals surface area contributed by atoms with E-state index >= 15 is 0 Å². The van der Waals surface area contributed by atoms with Crippen LogP contribution in [0.5, 0.6) is 0 Å². The smallest absolute Gasteiger partial charge is 0.379 e. The third-order valence-electron chi connectivity index (χ3n) is 4.35. The minimum atomic E-state index is -4.61. The summed E-state index contributed by atoms with van der Waals surface area (Å²) in [7, 11) is 0. The Morgan fingerprint density at radius 3 is 2.70 bits per heavy atom. The summed E-state index contributed by atoms with van der Waals surface area (Å²) >= 11 is 1.65. The summed E-state index contributed by atoms with van der Waals surface area (Å²) in [6.45, 7) is 3.46. The molecule has 4 rings (SSSR count). The largest absolute Gasteiger partial charge is 0.453 e. The zero-order chi connectivity index (χ0) is 18.9. The molecule has 4 heterocycles. The van der Waals surface area contributed by atoms with Crippen LogP contribution in [0.15, 0.2) is 29.6 Å². The molecule has 1 saturated heterocycles. The van der Waals surface area contributed by atoms with Crippen LogP contribution in [0.2, 0.25) is 0 Å². The zero-order valence-corrected chi connectivity index (χ0v) is 15.0. The molecule has 1 atom stereocenters. The van der Waals surface area contributed by atoms with Gasteiger partial charge in [-0.25, -0.2) is 0 Å². The van der Waals surface area contributed by atoms with Gasteiger partial charge in [-0.2, -0.15) is 17.7 Å². The van der Waals surface area contributed by atoms with Gasteiger partial charge in [-0.15, -0.1) is 26.6 Å². The van der Waals surface area contributed by atoms with E-state index in [9.17, 15) is 13.2 Å². The normalized spacial score (nSPS) is 17.3. The number of hydrogen-bond acceptors (Lipinski definition) is 7. The molecular weight excluding hydrogens is 381 g/mol. The maximum Gasteiger partial charge on any atom is 0.453 e. The number of aromatic nitrogens is 4. The average Bonchev–Trinajstić information content (AvgIpc) is 3.32. The summed E-state index contributed by atoms with van der Waals surface area (Å²) in [6.07, 6.45) is -4.61. The van der Waals surface area contributed by atoms with Gasteiger partial charge in [0.25, 0.3) is 5.82 Å². The quantitative estimate of drug-likeness (QED) is 0.713. The second-order valence-electron chi connectivity index (χ2n) is 6.07. The molecule has 7 nitrogen and oxygen atoms in total. The lowest BCUT2D eigenvalue weighted by Gasteiger charge is -2.34. The first-order chi connectivity index (χ1) is 13.0. The van der Waals surface area contributed by atoms with Crippen molar-refractivity contribution in [3.05, 3.63) is 40.3 Å². The monoisotopic (exact) mass is 398 g/mol. The zero-order valence-electron chi connectivity index (χ0n) is 14.2. The van der Waals surface area contributed by atoms with Gasteiger partial charge in [0, 0.05) is 24.5 Å². The van der Waals surface area contributed by atoms with Crippen molar-refractivity contribution in [1.82, 2.24) is 24.7 Å². The Labute approximate surface area is 156 Å². The van der Waals surface area contributed by atoms with Gasteiger partial charge in [-0.3, -0.25) is 4.90 Å². The molecule has 11 heteroatoms. The van der Waals surface area contributed by atoms with Gasteiger partial charge in [-0.05, 0) is 23.6 Å². The van der Waals surface area contributed by atoms with E-state index in [1.165, 1.54) is 10.9 Å². The lowest BCUT2D eigenvalue weighted by Crippen LogP contribution is -2.41. The summed E-state index contributed by atoms with van der Waals surface area (Å²) in [5.41, 5.74) is 0.0517. The number of ether oxygens (including phenoxy) is 1. The number of rotatable bonds is 5. The Morgan fingerprint density at radius 2 is 2.00 bits per heavy atom. The number of anilines is 1. The average molecular weight is 398 g/mol. The van der Waals surface area contributed by atoms with E-state index in [0.29, 0.717) is 25.6 Å². The maximum absolute atomic E-state index is 13.0. The lowest BCUT2D eigenvalue weighted by atomic mass is 10.2. The van der Waals surface area contributed by atoms with Crippen LogP contribution in [-0.2, 0) is 10.9 Å². The summed E-state index contributed by atoms with van der Waals surface area (Å²) in [5.74, 6) is -0.799. The van der Waals surface area contributed by atoms with Crippen molar-refractivity contribution >= 4 is 22.8 Å². The van der Waals surface area contributed by atoms with E-state index in [1.54, 1.807) is 17.4 Å². The molecular formula is C16H17F3N6OS. The number of thiophene rings is 1. The maximum atomic E-state index is 13.0. The summed E-state index contributed by atoms with van der Waals surface area (Å²) < 4.78 is 45.2. The molecule has 0 saturated carbocycles. The molecule has 1 N–H and O–H groups in total. The number of morpholine rings is 1. The van der Waals surface area contributed by atoms with E-state index in [0.717, 1.165) is 17.6 Å².